The molecule has 0 atom stereocenters. The Morgan fingerprint density at radius 2 is 2.10 bits per heavy atom. The van der Waals surface area contributed by atoms with Gasteiger partial charge in [-0.15, -0.1) is 0 Å². The molecule has 0 aliphatic heterocycles. The third kappa shape index (κ3) is 2.75. The number of carbonyl (C=O) groups is 1. The zero-order valence-electron chi connectivity index (χ0n) is 11.3. The lowest BCUT2D eigenvalue weighted by atomic mass is 10.1. The van der Waals surface area contributed by atoms with E-state index in [0.717, 1.165) is 15.7 Å². The van der Waals surface area contributed by atoms with Gasteiger partial charge in [0.2, 0.25) is 0 Å². The van der Waals surface area contributed by atoms with Gasteiger partial charge in [0, 0.05) is 16.4 Å². The number of anilines is 2. The minimum absolute atomic E-state index is 0.269. The molecule has 0 bridgehead atoms. The molecule has 0 fully saturated rings. The van der Waals surface area contributed by atoms with Crippen LogP contribution >= 0.6 is 15.9 Å². The fraction of sp³-hybridized carbons (Fsp3) is 0.0667. The zero-order valence-corrected chi connectivity index (χ0v) is 12.9. The van der Waals surface area contributed by atoms with Crippen molar-refractivity contribution in [2.75, 3.05) is 11.1 Å². The molecule has 21 heavy (non-hydrogen) atoms. The van der Waals surface area contributed by atoms with Gasteiger partial charge in [-0.3, -0.25) is 4.79 Å². The minimum Gasteiger partial charge on any atom is -0.398 e. The lowest BCUT2D eigenvalue weighted by Gasteiger charge is -2.05. The van der Waals surface area contributed by atoms with Gasteiger partial charge in [0.05, 0.1) is 11.8 Å². The number of rotatable bonds is 2. The number of carbonyl (C=O) groups excluding carboxylic acids is 1. The van der Waals surface area contributed by atoms with Gasteiger partial charge in [-0.25, -0.2) is 4.98 Å². The topological polar surface area (TPSA) is 72.4 Å². The molecule has 0 saturated heterocycles. The summed E-state index contributed by atoms with van der Waals surface area (Å²) in [6, 6.07) is 9.10. The van der Waals surface area contributed by atoms with Gasteiger partial charge in [0.25, 0.3) is 5.91 Å². The summed E-state index contributed by atoms with van der Waals surface area (Å²) in [6.07, 6.45) is 3.63. The molecule has 6 heteroatoms. The van der Waals surface area contributed by atoms with Gasteiger partial charge in [0.15, 0.2) is 5.82 Å². The van der Waals surface area contributed by atoms with Gasteiger partial charge < -0.3 is 15.5 Å². The first-order chi connectivity index (χ1) is 10.0. The van der Waals surface area contributed by atoms with Crippen molar-refractivity contribution in [3.63, 3.8) is 0 Å². The number of nitrogens with zero attached hydrogens (tertiary/aromatic N) is 2. The molecule has 2 aromatic heterocycles. The van der Waals surface area contributed by atoms with Gasteiger partial charge in [-0.1, -0.05) is 6.07 Å². The average Bonchev–Trinajstić information content (AvgIpc) is 2.79. The van der Waals surface area contributed by atoms with E-state index in [2.05, 4.69) is 26.2 Å². The highest BCUT2D eigenvalue weighted by Crippen LogP contribution is 2.18. The van der Waals surface area contributed by atoms with Gasteiger partial charge >= 0.3 is 0 Å². The highest BCUT2D eigenvalue weighted by molar-refractivity contribution is 9.10. The van der Waals surface area contributed by atoms with Crippen molar-refractivity contribution in [2.24, 2.45) is 0 Å². The monoisotopic (exact) mass is 344 g/mol. The van der Waals surface area contributed by atoms with E-state index in [9.17, 15) is 4.79 Å². The number of pyridine rings is 1. The maximum Gasteiger partial charge on any atom is 0.258 e. The van der Waals surface area contributed by atoms with Crippen molar-refractivity contribution < 1.29 is 4.79 Å². The standard InChI is InChI=1S/C15H13BrN4O/c1-9-2-4-11(12(17)6-9)15(21)19-13-8-20-7-10(16)3-5-14(20)18-13/h2-8H,17H2,1H3,(H,19,21). The molecule has 0 spiro atoms. The summed E-state index contributed by atoms with van der Waals surface area (Å²) < 4.78 is 2.77. The number of nitrogen functional groups attached to an aromatic ring is 1. The molecule has 1 amide bonds. The first kappa shape index (κ1) is 13.6. The Bertz CT molecular complexity index is 841. The van der Waals surface area contributed by atoms with Crippen molar-refractivity contribution in [2.45, 2.75) is 6.92 Å². The zero-order chi connectivity index (χ0) is 15.0. The van der Waals surface area contributed by atoms with Crippen molar-refractivity contribution in [3.8, 4) is 0 Å². The number of amides is 1. The number of aryl methyl sites for hydroxylation is 1. The van der Waals surface area contributed by atoms with E-state index < -0.39 is 0 Å². The Hall–Kier alpha value is -2.34. The summed E-state index contributed by atoms with van der Waals surface area (Å²) >= 11 is 3.39. The number of fused-ring (bicyclic) bond motifs is 1. The molecule has 5 nitrogen and oxygen atoms in total. The van der Waals surface area contributed by atoms with E-state index in [1.165, 1.54) is 0 Å². The fourth-order valence-electron chi connectivity index (χ4n) is 2.10. The van der Waals surface area contributed by atoms with Crippen LogP contribution in [0.15, 0.2) is 47.2 Å². The van der Waals surface area contributed by atoms with E-state index >= 15 is 0 Å². The van der Waals surface area contributed by atoms with Crippen LogP contribution in [0.1, 0.15) is 15.9 Å². The van der Waals surface area contributed by atoms with Crippen molar-refractivity contribution in [3.05, 3.63) is 58.3 Å². The number of imidazole rings is 1. The Labute approximate surface area is 129 Å². The van der Waals surface area contributed by atoms with Crippen LogP contribution in [-0.4, -0.2) is 15.3 Å². The maximum absolute atomic E-state index is 12.2. The summed E-state index contributed by atoms with van der Waals surface area (Å²) in [5.41, 5.74) is 8.55. The number of nitrogens with one attached hydrogen (secondary N) is 1. The Morgan fingerprint density at radius 1 is 1.29 bits per heavy atom. The van der Waals surface area contributed by atoms with Gasteiger partial charge in [-0.05, 0) is 52.7 Å². The molecular formula is C15H13BrN4O. The van der Waals surface area contributed by atoms with Crippen molar-refractivity contribution >= 4 is 39.0 Å². The van der Waals surface area contributed by atoms with E-state index in [0.29, 0.717) is 17.1 Å². The molecule has 3 aromatic rings. The molecule has 0 radical (unpaired) electrons. The van der Waals surface area contributed by atoms with Crippen molar-refractivity contribution in [1.29, 1.82) is 0 Å². The first-order valence-corrected chi connectivity index (χ1v) is 7.14. The predicted octanol–water partition coefficient (Wildman–Crippen LogP) is 3.24. The molecule has 0 unspecified atom stereocenters. The van der Waals surface area contributed by atoms with Crippen molar-refractivity contribution in [1.82, 2.24) is 9.38 Å². The number of halogens is 1. The number of benzene rings is 1. The molecule has 3 N–H and O–H groups in total. The predicted molar refractivity (Wildman–Crippen MR) is 86.4 cm³/mol. The lowest BCUT2D eigenvalue weighted by Crippen LogP contribution is -2.14. The van der Waals surface area contributed by atoms with Crippen LogP contribution in [-0.2, 0) is 0 Å². The van der Waals surface area contributed by atoms with Crippen LogP contribution in [0.25, 0.3) is 5.65 Å². The van der Waals surface area contributed by atoms with Crippen LogP contribution in [0.3, 0.4) is 0 Å². The second kappa shape index (κ2) is 5.21. The molecule has 2 heterocycles. The summed E-state index contributed by atoms with van der Waals surface area (Å²) in [5, 5.41) is 2.76. The van der Waals surface area contributed by atoms with E-state index in [1.807, 2.05) is 35.7 Å². The summed E-state index contributed by atoms with van der Waals surface area (Å²) in [4.78, 5) is 16.6. The summed E-state index contributed by atoms with van der Waals surface area (Å²) in [5.74, 6) is 0.216. The largest absolute Gasteiger partial charge is 0.398 e. The molecule has 1 aromatic carbocycles. The molecule has 106 valence electrons. The van der Waals surface area contributed by atoms with Gasteiger partial charge in [-0.2, -0.15) is 0 Å². The molecule has 0 saturated carbocycles. The van der Waals surface area contributed by atoms with Crippen LogP contribution in [0, 0.1) is 6.92 Å². The van der Waals surface area contributed by atoms with E-state index in [1.54, 1.807) is 18.3 Å². The van der Waals surface area contributed by atoms with E-state index in [4.69, 9.17) is 5.73 Å². The maximum atomic E-state index is 12.2. The van der Waals surface area contributed by atoms with Crippen LogP contribution in [0.5, 0.6) is 0 Å². The quantitative estimate of drug-likeness (QED) is 0.701. The Kier molecular flexibility index (Phi) is 3.39. The van der Waals surface area contributed by atoms with Crippen LogP contribution in [0.4, 0.5) is 11.5 Å². The number of hydrogen-bond acceptors (Lipinski definition) is 3. The Balaban J connectivity index is 1.89. The first-order valence-electron chi connectivity index (χ1n) is 6.35. The van der Waals surface area contributed by atoms with E-state index in [-0.39, 0.29) is 5.91 Å². The number of nitrogens with two attached hydrogens (primary N) is 1. The normalized spacial score (nSPS) is 10.8. The van der Waals surface area contributed by atoms with Crippen LogP contribution in [0.2, 0.25) is 0 Å². The molecule has 3 rings (SSSR count). The smallest absolute Gasteiger partial charge is 0.258 e. The summed E-state index contributed by atoms with van der Waals surface area (Å²) in [7, 11) is 0. The lowest BCUT2D eigenvalue weighted by molar-refractivity contribution is 0.102. The molecule has 0 aliphatic carbocycles. The SMILES string of the molecule is Cc1ccc(C(=O)Nc2cn3cc(Br)ccc3n2)c(N)c1. The molecular weight excluding hydrogens is 332 g/mol. The third-order valence-corrected chi connectivity index (χ3v) is 3.58. The Morgan fingerprint density at radius 3 is 2.86 bits per heavy atom. The summed E-state index contributed by atoms with van der Waals surface area (Å²) in [6.45, 7) is 1.93. The highest BCUT2D eigenvalue weighted by atomic mass is 79.9. The second-order valence-corrected chi connectivity index (χ2v) is 5.70. The average molecular weight is 345 g/mol. The second-order valence-electron chi connectivity index (χ2n) is 4.78. The highest BCUT2D eigenvalue weighted by Gasteiger charge is 2.12. The number of aromatic nitrogens is 2. The minimum atomic E-state index is -0.269. The fourth-order valence-corrected chi connectivity index (χ4v) is 2.45. The molecule has 0 aliphatic rings. The van der Waals surface area contributed by atoms with Crippen LogP contribution < -0.4 is 11.1 Å². The third-order valence-electron chi connectivity index (χ3n) is 3.11. The number of hydrogen-bond donors (Lipinski definition) is 2. The van der Waals surface area contributed by atoms with Gasteiger partial charge in [0.1, 0.15) is 5.65 Å².